The molecule has 1 N–H and O–H groups in total. The number of fused-ring (bicyclic) bond motifs is 1. The maximum atomic E-state index is 13.7. The van der Waals surface area contributed by atoms with E-state index in [0.29, 0.717) is 12.2 Å². The highest BCUT2D eigenvalue weighted by molar-refractivity contribution is 6.17. The van der Waals surface area contributed by atoms with Crippen LogP contribution >= 0.6 is 0 Å². The van der Waals surface area contributed by atoms with Crippen LogP contribution in [0.1, 0.15) is 15.9 Å². The van der Waals surface area contributed by atoms with Gasteiger partial charge in [-0.2, -0.15) is 0 Å². The number of ether oxygens (including phenoxy) is 1. The number of anilines is 2. The first kappa shape index (κ1) is 19.6. The fraction of sp³-hybridized carbons (Fsp3) is 0.0357. The van der Waals surface area contributed by atoms with Crippen LogP contribution in [0.5, 0.6) is 5.75 Å². The number of rotatable bonds is 6. The summed E-state index contributed by atoms with van der Waals surface area (Å²) in [4.78, 5) is 18.7. The average molecular weight is 418 g/mol. The first-order valence-corrected chi connectivity index (χ1v) is 10.5. The first-order chi connectivity index (χ1) is 15.8. The van der Waals surface area contributed by atoms with Crippen molar-refractivity contribution in [2.24, 2.45) is 0 Å². The molecule has 1 heterocycles. The number of amides is 1. The van der Waals surface area contributed by atoms with Crippen LogP contribution in [0, 0.1) is 0 Å². The molecule has 32 heavy (non-hydrogen) atoms. The van der Waals surface area contributed by atoms with Gasteiger partial charge < -0.3 is 9.72 Å². The Morgan fingerprint density at radius 2 is 1.34 bits per heavy atom. The second-order valence-corrected chi connectivity index (χ2v) is 7.50. The number of H-pyrrole nitrogens is 1. The van der Waals surface area contributed by atoms with E-state index in [1.807, 2.05) is 109 Å². The summed E-state index contributed by atoms with van der Waals surface area (Å²) >= 11 is 0. The van der Waals surface area contributed by atoms with E-state index in [-0.39, 0.29) is 5.91 Å². The van der Waals surface area contributed by atoms with Gasteiger partial charge in [-0.15, -0.1) is 0 Å². The minimum atomic E-state index is -0.0911. The van der Waals surface area contributed by atoms with E-state index in [9.17, 15) is 4.79 Å². The molecule has 1 aromatic heterocycles. The van der Waals surface area contributed by atoms with Crippen molar-refractivity contribution < 1.29 is 9.53 Å². The van der Waals surface area contributed by atoms with Crippen molar-refractivity contribution in [3.8, 4) is 5.75 Å². The highest BCUT2D eigenvalue weighted by atomic mass is 16.5. The van der Waals surface area contributed by atoms with E-state index in [2.05, 4.69) is 4.98 Å². The Hall–Kier alpha value is -4.31. The molecule has 0 aliphatic rings. The maximum Gasteiger partial charge on any atom is 0.264 e. The summed E-state index contributed by atoms with van der Waals surface area (Å²) in [7, 11) is 0. The molecule has 4 nitrogen and oxygen atoms in total. The summed E-state index contributed by atoms with van der Waals surface area (Å²) in [5, 5.41) is 0.860. The van der Waals surface area contributed by atoms with E-state index in [1.165, 1.54) is 0 Å². The van der Waals surface area contributed by atoms with Crippen molar-refractivity contribution in [2.75, 3.05) is 4.90 Å². The number of aromatic amines is 1. The zero-order valence-electron chi connectivity index (χ0n) is 17.4. The molecule has 0 bridgehead atoms. The number of nitrogens with one attached hydrogen (secondary N) is 1. The number of hydrogen-bond acceptors (Lipinski definition) is 2. The van der Waals surface area contributed by atoms with Gasteiger partial charge in [-0.25, -0.2) is 0 Å². The highest BCUT2D eigenvalue weighted by Crippen LogP contribution is 2.31. The largest absolute Gasteiger partial charge is 0.489 e. The van der Waals surface area contributed by atoms with Crippen molar-refractivity contribution >= 4 is 28.2 Å². The van der Waals surface area contributed by atoms with Gasteiger partial charge in [0.15, 0.2) is 0 Å². The lowest BCUT2D eigenvalue weighted by Crippen LogP contribution is -2.25. The fourth-order valence-corrected chi connectivity index (χ4v) is 3.77. The molecule has 0 aliphatic heterocycles. The standard InChI is InChI=1S/C28H22N2O2/c31-28(30(22-12-6-2-7-13-22)23-14-8-3-9-15-23)26-19-29-27-18-24(16-17-25(26)27)32-20-21-10-4-1-5-11-21/h1-19,29H,20H2. The van der Waals surface area contributed by atoms with Crippen LogP contribution in [-0.2, 0) is 6.61 Å². The Bertz CT molecular complexity index is 1290. The molecular formula is C28H22N2O2. The molecule has 0 saturated heterocycles. The van der Waals surface area contributed by atoms with Crippen molar-refractivity contribution in [3.05, 3.63) is 127 Å². The Balaban J connectivity index is 1.46. The van der Waals surface area contributed by atoms with Gasteiger partial charge in [-0.3, -0.25) is 9.69 Å². The SMILES string of the molecule is O=C(c1c[nH]c2cc(OCc3ccccc3)ccc12)N(c1ccccc1)c1ccccc1. The molecule has 0 aliphatic carbocycles. The van der Waals surface area contributed by atoms with Crippen molar-refractivity contribution in [3.63, 3.8) is 0 Å². The Morgan fingerprint density at radius 3 is 1.97 bits per heavy atom. The number of benzene rings is 4. The van der Waals surface area contributed by atoms with E-state index in [4.69, 9.17) is 4.74 Å². The molecule has 4 aromatic carbocycles. The van der Waals surface area contributed by atoms with Gasteiger partial charge >= 0.3 is 0 Å². The summed E-state index contributed by atoms with van der Waals surface area (Å²) in [5.74, 6) is 0.664. The minimum absolute atomic E-state index is 0.0911. The molecular weight excluding hydrogens is 396 g/mol. The molecule has 5 aromatic rings. The Morgan fingerprint density at radius 1 is 0.750 bits per heavy atom. The summed E-state index contributed by atoms with van der Waals surface area (Å²) in [6, 6.07) is 35.2. The highest BCUT2D eigenvalue weighted by Gasteiger charge is 2.22. The summed E-state index contributed by atoms with van der Waals surface area (Å²) in [6.07, 6.45) is 1.77. The number of carbonyl (C=O) groups is 1. The topological polar surface area (TPSA) is 45.3 Å². The van der Waals surface area contributed by atoms with E-state index in [0.717, 1.165) is 33.6 Å². The number of nitrogens with zero attached hydrogens (tertiary/aromatic N) is 1. The van der Waals surface area contributed by atoms with Crippen LogP contribution in [0.4, 0.5) is 11.4 Å². The minimum Gasteiger partial charge on any atom is -0.489 e. The number of aromatic nitrogens is 1. The van der Waals surface area contributed by atoms with Crippen molar-refractivity contribution in [1.82, 2.24) is 4.98 Å². The van der Waals surface area contributed by atoms with Gasteiger partial charge in [0, 0.05) is 34.5 Å². The Kier molecular flexibility index (Phi) is 5.41. The lowest BCUT2D eigenvalue weighted by molar-refractivity contribution is 0.100. The van der Waals surface area contributed by atoms with E-state index < -0.39 is 0 Å². The van der Waals surface area contributed by atoms with Crippen LogP contribution < -0.4 is 9.64 Å². The molecule has 0 saturated carbocycles. The fourth-order valence-electron chi connectivity index (χ4n) is 3.77. The predicted molar refractivity (Wildman–Crippen MR) is 128 cm³/mol. The van der Waals surface area contributed by atoms with Crippen LogP contribution in [0.25, 0.3) is 10.9 Å². The lowest BCUT2D eigenvalue weighted by atomic mass is 10.1. The summed E-state index contributed by atoms with van der Waals surface area (Å²) in [6.45, 7) is 0.495. The van der Waals surface area contributed by atoms with Crippen molar-refractivity contribution in [2.45, 2.75) is 6.61 Å². The molecule has 0 unspecified atom stereocenters. The van der Waals surface area contributed by atoms with E-state index in [1.54, 1.807) is 11.1 Å². The summed E-state index contributed by atoms with van der Waals surface area (Å²) in [5.41, 5.74) is 4.22. The third kappa shape index (κ3) is 3.98. The van der Waals surface area contributed by atoms with Gasteiger partial charge in [0.05, 0.1) is 5.56 Å². The Labute approximate surface area is 186 Å². The molecule has 0 atom stereocenters. The quantitative estimate of drug-likeness (QED) is 0.332. The van der Waals surface area contributed by atoms with Gasteiger partial charge in [-0.1, -0.05) is 66.7 Å². The van der Waals surface area contributed by atoms with Gasteiger partial charge in [0.1, 0.15) is 12.4 Å². The number of carbonyl (C=O) groups excluding carboxylic acids is 1. The molecule has 0 fully saturated rings. The van der Waals surface area contributed by atoms with Gasteiger partial charge in [0.2, 0.25) is 0 Å². The smallest absolute Gasteiger partial charge is 0.264 e. The van der Waals surface area contributed by atoms with Gasteiger partial charge in [0.25, 0.3) is 5.91 Å². The van der Waals surface area contributed by atoms with Crippen LogP contribution in [-0.4, -0.2) is 10.9 Å². The first-order valence-electron chi connectivity index (χ1n) is 10.5. The molecule has 156 valence electrons. The average Bonchev–Trinajstić information content (AvgIpc) is 3.28. The predicted octanol–water partition coefficient (Wildman–Crippen LogP) is 6.73. The molecule has 5 rings (SSSR count). The lowest BCUT2D eigenvalue weighted by Gasteiger charge is -2.23. The van der Waals surface area contributed by atoms with Crippen LogP contribution in [0.15, 0.2) is 115 Å². The zero-order valence-corrected chi connectivity index (χ0v) is 17.4. The molecule has 0 radical (unpaired) electrons. The second-order valence-electron chi connectivity index (χ2n) is 7.50. The number of hydrogen-bond donors (Lipinski definition) is 1. The third-order valence-corrected chi connectivity index (χ3v) is 5.36. The number of para-hydroxylation sites is 2. The molecule has 4 heteroatoms. The normalized spacial score (nSPS) is 10.8. The van der Waals surface area contributed by atoms with Crippen LogP contribution in [0.3, 0.4) is 0 Å². The van der Waals surface area contributed by atoms with Crippen LogP contribution in [0.2, 0.25) is 0 Å². The summed E-state index contributed by atoms with van der Waals surface area (Å²) < 4.78 is 5.94. The second kappa shape index (κ2) is 8.82. The molecule has 1 amide bonds. The van der Waals surface area contributed by atoms with Crippen molar-refractivity contribution in [1.29, 1.82) is 0 Å². The third-order valence-electron chi connectivity index (χ3n) is 5.36. The zero-order chi connectivity index (χ0) is 21.8. The maximum absolute atomic E-state index is 13.7. The van der Waals surface area contributed by atoms with E-state index >= 15 is 0 Å². The van der Waals surface area contributed by atoms with Gasteiger partial charge in [-0.05, 0) is 42.0 Å². The monoisotopic (exact) mass is 418 g/mol. The molecule has 0 spiro atoms.